The number of carboxylic acid groups (broad SMARTS) is 2. The molecule has 0 bridgehead atoms. The number of carbonyl (C=O) groups is 4. The summed E-state index contributed by atoms with van der Waals surface area (Å²) in [5.74, 6) is -1.98. The molecule has 0 aliphatic carbocycles. The fraction of sp³-hybridized carbons (Fsp3) is 0.333. The van der Waals surface area contributed by atoms with Gasteiger partial charge in [-0.1, -0.05) is 18.2 Å². The average molecular weight is 551 g/mol. The standard InChI is InChI=1S/C26H30N2O4.C4H4O4/c1-18-25(26(30)20-10-12-21(31-3)13-11-20)23-8-4-5-9-24(23)28(18)16-15-27-14-6-7-22(17-27)32-19(2)29;5-3(6)1-2-4(7)8/h4-5,8-13,22H,6-7,14-17H2,1-3H3;1-2H,(H,5,6)(H,7,8). The van der Waals surface area contributed by atoms with E-state index in [-0.39, 0.29) is 17.9 Å². The average Bonchev–Trinajstić information content (AvgIpc) is 3.21. The molecule has 10 heteroatoms. The van der Waals surface area contributed by atoms with Crippen LogP contribution >= 0.6 is 0 Å². The first-order valence-electron chi connectivity index (χ1n) is 12.9. The van der Waals surface area contributed by atoms with Crippen LogP contribution in [0.3, 0.4) is 0 Å². The molecule has 10 nitrogen and oxygen atoms in total. The zero-order chi connectivity index (χ0) is 29.2. The monoisotopic (exact) mass is 550 g/mol. The molecule has 1 atom stereocenters. The quantitative estimate of drug-likeness (QED) is 0.231. The molecule has 2 aromatic carbocycles. The summed E-state index contributed by atoms with van der Waals surface area (Å²) < 4.78 is 12.9. The van der Waals surface area contributed by atoms with E-state index in [0.29, 0.717) is 17.7 Å². The summed E-state index contributed by atoms with van der Waals surface area (Å²) in [6, 6.07) is 15.3. The van der Waals surface area contributed by atoms with E-state index in [1.165, 1.54) is 6.92 Å². The van der Waals surface area contributed by atoms with Gasteiger partial charge in [-0.05, 0) is 56.6 Å². The minimum Gasteiger partial charge on any atom is -0.497 e. The highest BCUT2D eigenvalue weighted by atomic mass is 16.5. The minimum absolute atomic E-state index is 0.0213. The number of carbonyl (C=O) groups excluding carboxylic acids is 2. The Kier molecular flexibility index (Phi) is 10.6. The molecule has 1 saturated heterocycles. The Morgan fingerprint density at radius 3 is 2.23 bits per heavy atom. The number of piperidine rings is 1. The van der Waals surface area contributed by atoms with E-state index < -0.39 is 11.9 Å². The largest absolute Gasteiger partial charge is 0.497 e. The molecule has 0 spiro atoms. The van der Waals surface area contributed by atoms with Crippen LogP contribution in [0.25, 0.3) is 10.9 Å². The van der Waals surface area contributed by atoms with Crippen molar-refractivity contribution in [3.05, 3.63) is 77.5 Å². The molecule has 4 rings (SSSR count). The van der Waals surface area contributed by atoms with E-state index in [4.69, 9.17) is 19.7 Å². The highest BCUT2D eigenvalue weighted by Gasteiger charge is 2.24. The molecule has 3 aromatic rings. The number of likely N-dealkylation sites (tertiary alicyclic amines) is 1. The number of ketones is 1. The minimum atomic E-state index is -1.26. The van der Waals surface area contributed by atoms with Gasteiger partial charge < -0.3 is 24.3 Å². The second-order valence-corrected chi connectivity index (χ2v) is 9.37. The predicted octanol–water partition coefficient (Wildman–Crippen LogP) is 3.93. The molecule has 1 aliphatic heterocycles. The van der Waals surface area contributed by atoms with Gasteiger partial charge in [0.1, 0.15) is 11.9 Å². The number of benzene rings is 2. The first kappa shape index (κ1) is 30.1. The van der Waals surface area contributed by atoms with Crippen molar-refractivity contribution in [1.82, 2.24) is 9.47 Å². The molecule has 0 radical (unpaired) electrons. The second kappa shape index (κ2) is 14.1. The number of ether oxygens (including phenoxy) is 2. The Bertz CT molecular complexity index is 1370. The lowest BCUT2D eigenvalue weighted by atomic mass is 10.0. The van der Waals surface area contributed by atoms with Crippen LogP contribution in [0.15, 0.2) is 60.7 Å². The summed E-state index contributed by atoms with van der Waals surface area (Å²) in [7, 11) is 1.62. The Hall–Kier alpha value is -4.44. The summed E-state index contributed by atoms with van der Waals surface area (Å²) in [4.78, 5) is 46.2. The summed E-state index contributed by atoms with van der Waals surface area (Å²) in [5.41, 5.74) is 3.44. The molecule has 2 N–H and O–H groups in total. The Morgan fingerprint density at radius 2 is 1.62 bits per heavy atom. The van der Waals surface area contributed by atoms with Gasteiger partial charge in [0.05, 0.1) is 12.7 Å². The predicted molar refractivity (Wildman–Crippen MR) is 149 cm³/mol. The summed E-state index contributed by atoms with van der Waals surface area (Å²) >= 11 is 0. The number of rotatable bonds is 9. The van der Waals surface area contributed by atoms with Crippen LogP contribution in [0.1, 0.15) is 41.4 Å². The van der Waals surface area contributed by atoms with Crippen LogP contribution in [0, 0.1) is 6.92 Å². The molecule has 1 fully saturated rings. The van der Waals surface area contributed by atoms with Crippen molar-refractivity contribution in [2.45, 2.75) is 39.3 Å². The number of esters is 1. The number of nitrogens with zero attached hydrogens (tertiary/aromatic N) is 2. The maximum Gasteiger partial charge on any atom is 0.328 e. The molecular formula is C30H34N2O8. The van der Waals surface area contributed by atoms with Crippen molar-refractivity contribution in [2.75, 3.05) is 26.7 Å². The lowest BCUT2D eigenvalue weighted by Gasteiger charge is -2.32. The molecule has 0 saturated carbocycles. The van der Waals surface area contributed by atoms with Crippen molar-refractivity contribution < 1.29 is 38.9 Å². The van der Waals surface area contributed by atoms with Crippen molar-refractivity contribution in [3.63, 3.8) is 0 Å². The maximum absolute atomic E-state index is 13.4. The van der Waals surface area contributed by atoms with E-state index in [1.54, 1.807) is 7.11 Å². The van der Waals surface area contributed by atoms with Gasteiger partial charge in [-0.3, -0.25) is 14.5 Å². The van der Waals surface area contributed by atoms with Crippen molar-refractivity contribution in [1.29, 1.82) is 0 Å². The fourth-order valence-corrected chi connectivity index (χ4v) is 4.82. The molecule has 1 aliphatic rings. The molecular weight excluding hydrogens is 516 g/mol. The van der Waals surface area contributed by atoms with Crippen LogP contribution < -0.4 is 4.74 Å². The third-order valence-electron chi connectivity index (χ3n) is 6.61. The van der Waals surface area contributed by atoms with Gasteiger partial charge in [-0.2, -0.15) is 0 Å². The molecule has 1 aromatic heterocycles. The van der Waals surface area contributed by atoms with Crippen LogP contribution in [0.4, 0.5) is 0 Å². The highest BCUT2D eigenvalue weighted by molar-refractivity contribution is 6.17. The number of hydrogen-bond donors (Lipinski definition) is 2. The SMILES string of the molecule is COc1ccc(C(=O)c2c(C)n(CCN3CCCC(OC(C)=O)C3)c3ccccc23)cc1.O=C(O)C=CC(=O)O. The van der Waals surface area contributed by atoms with Gasteiger partial charge in [-0.15, -0.1) is 0 Å². The summed E-state index contributed by atoms with van der Waals surface area (Å²) in [6.45, 7) is 6.86. The van der Waals surface area contributed by atoms with Crippen molar-refractivity contribution in [2.24, 2.45) is 0 Å². The van der Waals surface area contributed by atoms with Gasteiger partial charge >= 0.3 is 17.9 Å². The van der Waals surface area contributed by atoms with Crippen LogP contribution in [-0.2, 0) is 25.7 Å². The fourth-order valence-electron chi connectivity index (χ4n) is 4.82. The van der Waals surface area contributed by atoms with Crippen LogP contribution in [0.5, 0.6) is 5.75 Å². The lowest BCUT2D eigenvalue weighted by molar-refractivity contribution is -0.148. The summed E-state index contributed by atoms with van der Waals surface area (Å²) in [6.07, 6.45) is 3.02. The van der Waals surface area contributed by atoms with Gasteiger partial charge in [0, 0.05) is 60.9 Å². The van der Waals surface area contributed by atoms with Gasteiger partial charge in [-0.25, -0.2) is 9.59 Å². The van der Waals surface area contributed by atoms with E-state index in [9.17, 15) is 19.2 Å². The normalized spacial score (nSPS) is 15.3. The van der Waals surface area contributed by atoms with Crippen molar-refractivity contribution in [3.8, 4) is 5.75 Å². The number of methoxy groups -OCH3 is 1. The molecule has 2 heterocycles. The third kappa shape index (κ3) is 8.03. The number of para-hydroxylation sites is 1. The van der Waals surface area contributed by atoms with Crippen LogP contribution in [0.2, 0.25) is 0 Å². The first-order chi connectivity index (χ1) is 19.1. The number of carboxylic acids is 2. The number of hydrogen-bond acceptors (Lipinski definition) is 7. The highest BCUT2D eigenvalue weighted by Crippen LogP contribution is 2.29. The Labute approximate surface area is 232 Å². The van der Waals surface area contributed by atoms with Gasteiger partial charge in [0.15, 0.2) is 5.78 Å². The van der Waals surface area contributed by atoms with Crippen molar-refractivity contribution >= 4 is 34.6 Å². The zero-order valence-electron chi connectivity index (χ0n) is 22.8. The smallest absolute Gasteiger partial charge is 0.328 e. The Balaban J connectivity index is 0.000000482. The van der Waals surface area contributed by atoms with E-state index >= 15 is 0 Å². The third-order valence-corrected chi connectivity index (χ3v) is 6.61. The molecule has 212 valence electrons. The topological polar surface area (TPSA) is 135 Å². The number of aliphatic carboxylic acids is 2. The van der Waals surface area contributed by atoms with E-state index in [2.05, 4.69) is 15.5 Å². The molecule has 40 heavy (non-hydrogen) atoms. The van der Waals surface area contributed by atoms with E-state index in [0.717, 1.165) is 66.9 Å². The lowest BCUT2D eigenvalue weighted by Crippen LogP contribution is -2.41. The first-order valence-corrected chi connectivity index (χ1v) is 12.9. The number of fused-ring (bicyclic) bond motifs is 1. The van der Waals surface area contributed by atoms with Gasteiger partial charge in [0.25, 0.3) is 0 Å². The van der Waals surface area contributed by atoms with E-state index in [1.807, 2.05) is 49.4 Å². The van der Waals surface area contributed by atoms with Gasteiger partial charge in [0.2, 0.25) is 0 Å². The second-order valence-electron chi connectivity index (χ2n) is 9.37. The molecule has 0 amide bonds. The zero-order valence-corrected chi connectivity index (χ0v) is 22.8. The number of aromatic nitrogens is 1. The molecule has 1 unspecified atom stereocenters. The maximum atomic E-state index is 13.4. The van der Waals surface area contributed by atoms with Crippen LogP contribution in [-0.4, -0.2) is 76.2 Å². The Morgan fingerprint density at radius 1 is 0.975 bits per heavy atom. The summed E-state index contributed by atoms with van der Waals surface area (Å²) in [5, 5.41) is 16.6.